The topological polar surface area (TPSA) is 61.0 Å². The molecule has 0 aliphatic carbocycles. The molecule has 0 aromatic carbocycles. The van der Waals surface area contributed by atoms with E-state index in [0.717, 1.165) is 12.1 Å². The van der Waals surface area contributed by atoms with Gasteiger partial charge in [0.1, 0.15) is 11.9 Å². The maximum absolute atomic E-state index is 10.4. The summed E-state index contributed by atoms with van der Waals surface area (Å²) in [4.78, 5) is 13.7. The Balaban J connectivity index is 0.000000791. The van der Waals surface area contributed by atoms with Gasteiger partial charge in [0.15, 0.2) is 0 Å². The van der Waals surface area contributed by atoms with Crippen LogP contribution >= 0.6 is 0 Å². The largest absolute Gasteiger partial charge is 0.434 e. The van der Waals surface area contributed by atoms with Crippen molar-refractivity contribution >= 4 is 5.95 Å². The normalized spacial score (nSPS) is 9.14. The highest BCUT2D eigenvalue weighted by molar-refractivity contribution is 5.13. The Morgan fingerprint density at radius 3 is 2.57 bits per heavy atom. The van der Waals surface area contributed by atoms with Crippen molar-refractivity contribution < 1.29 is 4.92 Å². The molecule has 0 aliphatic heterocycles. The zero-order chi connectivity index (χ0) is 11.1. The Morgan fingerprint density at radius 1 is 1.57 bits per heavy atom. The van der Waals surface area contributed by atoms with Gasteiger partial charge in [-0.3, -0.25) is 0 Å². The van der Waals surface area contributed by atoms with Crippen molar-refractivity contribution in [3.63, 3.8) is 0 Å². The molecule has 1 aromatic heterocycles. The van der Waals surface area contributed by atoms with E-state index in [0.29, 0.717) is 6.54 Å². The van der Waals surface area contributed by atoms with Crippen LogP contribution < -0.4 is 0 Å². The molecule has 80 valence electrons. The second-order valence-electron chi connectivity index (χ2n) is 2.61. The molecule has 1 heterocycles. The van der Waals surface area contributed by atoms with Crippen LogP contribution in [0, 0.1) is 17.0 Å². The Labute approximate surface area is 83.9 Å². The van der Waals surface area contributed by atoms with E-state index in [-0.39, 0.29) is 5.95 Å². The molecule has 0 aliphatic rings. The zero-order valence-electron chi connectivity index (χ0n) is 9.15. The molecule has 0 spiro atoms. The fraction of sp³-hybridized carbons (Fsp3) is 0.667. The maximum Gasteiger partial charge on any atom is 0.434 e. The molecule has 5 heteroatoms. The lowest BCUT2D eigenvalue weighted by Crippen LogP contribution is -2.04. The fourth-order valence-electron chi connectivity index (χ4n) is 1.09. The summed E-state index contributed by atoms with van der Waals surface area (Å²) in [6.07, 6.45) is 2.39. The first-order chi connectivity index (χ1) is 6.66. The lowest BCUT2D eigenvalue weighted by molar-refractivity contribution is -0.396. The summed E-state index contributed by atoms with van der Waals surface area (Å²) in [6, 6.07) is 0. The third-order valence-corrected chi connectivity index (χ3v) is 1.64. The van der Waals surface area contributed by atoms with Gasteiger partial charge in [0, 0.05) is 0 Å². The molecule has 1 aromatic rings. The molecule has 5 nitrogen and oxygen atoms in total. The molecule has 0 N–H and O–H groups in total. The Morgan fingerprint density at radius 2 is 2.14 bits per heavy atom. The van der Waals surface area contributed by atoms with Crippen molar-refractivity contribution in [2.75, 3.05) is 0 Å². The Bertz CT molecular complexity index is 294. The quantitative estimate of drug-likeness (QED) is 0.555. The number of rotatable bonds is 3. The number of nitro groups is 1. The number of aromatic nitrogens is 2. The maximum atomic E-state index is 10.4. The fourth-order valence-corrected chi connectivity index (χ4v) is 1.09. The van der Waals surface area contributed by atoms with Gasteiger partial charge >= 0.3 is 5.95 Å². The molecule has 0 bridgehead atoms. The molecule has 0 atom stereocenters. The van der Waals surface area contributed by atoms with Gasteiger partial charge in [-0.2, -0.15) is 0 Å². The zero-order valence-corrected chi connectivity index (χ0v) is 9.15. The SMILES string of the molecule is CC.CCCn1c(C)cnc1[N+](=O)[O-]. The van der Waals surface area contributed by atoms with E-state index >= 15 is 0 Å². The predicted octanol–water partition coefficient (Wildman–Crippen LogP) is 2.54. The van der Waals surface area contributed by atoms with E-state index in [2.05, 4.69) is 4.98 Å². The van der Waals surface area contributed by atoms with Gasteiger partial charge in [0.25, 0.3) is 0 Å². The summed E-state index contributed by atoms with van der Waals surface area (Å²) in [5.74, 6) is -0.0608. The number of hydrogen-bond acceptors (Lipinski definition) is 3. The van der Waals surface area contributed by atoms with E-state index in [9.17, 15) is 10.1 Å². The average molecular weight is 199 g/mol. The van der Waals surface area contributed by atoms with Crippen molar-refractivity contribution in [2.45, 2.75) is 40.7 Å². The van der Waals surface area contributed by atoms with Gasteiger partial charge in [-0.25, -0.2) is 4.57 Å². The number of nitrogens with zero attached hydrogens (tertiary/aromatic N) is 3. The first kappa shape index (κ1) is 12.6. The summed E-state index contributed by atoms with van der Waals surface area (Å²) < 4.78 is 1.61. The molecule has 0 radical (unpaired) electrons. The van der Waals surface area contributed by atoms with Gasteiger partial charge < -0.3 is 10.1 Å². The third-order valence-electron chi connectivity index (χ3n) is 1.64. The highest BCUT2D eigenvalue weighted by atomic mass is 16.6. The van der Waals surface area contributed by atoms with Gasteiger partial charge in [-0.15, -0.1) is 0 Å². The van der Waals surface area contributed by atoms with Gasteiger partial charge in [0.2, 0.25) is 0 Å². The lowest BCUT2D eigenvalue weighted by atomic mass is 10.4. The van der Waals surface area contributed by atoms with Crippen molar-refractivity contribution in [3.8, 4) is 0 Å². The summed E-state index contributed by atoms with van der Waals surface area (Å²) in [7, 11) is 0. The third kappa shape index (κ3) is 2.83. The molecule has 1 rings (SSSR count). The molecule has 0 saturated carbocycles. The van der Waals surface area contributed by atoms with Gasteiger partial charge in [0.05, 0.1) is 6.54 Å². The van der Waals surface area contributed by atoms with Crippen LogP contribution in [0.15, 0.2) is 6.20 Å². The van der Waals surface area contributed by atoms with Crippen molar-refractivity contribution in [2.24, 2.45) is 0 Å². The second kappa shape index (κ2) is 6.12. The highest BCUT2D eigenvalue weighted by Gasteiger charge is 2.16. The number of imidazole rings is 1. The van der Waals surface area contributed by atoms with Crippen molar-refractivity contribution in [1.82, 2.24) is 9.55 Å². The van der Waals surface area contributed by atoms with Gasteiger partial charge in [-0.05, 0) is 18.3 Å². The Hall–Kier alpha value is -1.39. The summed E-state index contributed by atoms with van der Waals surface area (Å²) in [5, 5.41) is 10.4. The minimum absolute atomic E-state index is 0.0608. The van der Waals surface area contributed by atoms with E-state index in [1.54, 1.807) is 4.57 Å². The first-order valence-electron chi connectivity index (χ1n) is 4.83. The summed E-state index contributed by atoms with van der Waals surface area (Å²) in [6.45, 7) is 8.45. The number of aryl methyl sites for hydroxylation is 1. The molecular formula is C9H17N3O2. The smallest absolute Gasteiger partial charge is 0.390 e. The summed E-state index contributed by atoms with van der Waals surface area (Å²) in [5.41, 5.74) is 0.837. The lowest BCUT2D eigenvalue weighted by Gasteiger charge is -1.99. The van der Waals surface area contributed by atoms with E-state index in [1.807, 2.05) is 27.7 Å². The monoisotopic (exact) mass is 199 g/mol. The first-order valence-corrected chi connectivity index (χ1v) is 4.83. The number of hydrogen-bond donors (Lipinski definition) is 0. The molecule has 14 heavy (non-hydrogen) atoms. The predicted molar refractivity (Wildman–Crippen MR) is 55.3 cm³/mol. The van der Waals surface area contributed by atoms with E-state index in [1.165, 1.54) is 6.20 Å². The standard InChI is InChI=1S/C7H11N3O2.C2H6/c1-3-4-9-6(2)5-8-7(9)10(11)12;1-2/h5H,3-4H2,1-2H3;1-2H3. The van der Waals surface area contributed by atoms with Crippen LogP contribution in [-0.4, -0.2) is 14.5 Å². The van der Waals surface area contributed by atoms with Crippen LogP contribution in [0.5, 0.6) is 0 Å². The van der Waals surface area contributed by atoms with Crippen LogP contribution in [-0.2, 0) is 6.54 Å². The van der Waals surface area contributed by atoms with Crippen LogP contribution in [0.1, 0.15) is 32.9 Å². The minimum atomic E-state index is -0.456. The second-order valence-corrected chi connectivity index (χ2v) is 2.61. The Kier molecular flexibility index (Phi) is 5.52. The van der Waals surface area contributed by atoms with Gasteiger partial charge in [-0.1, -0.05) is 25.8 Å². The van der Waals surface area contributed by atoms with Crippen LogP contribution in [0.25, 0.3) is 0 Å². The molecule has 0 saturated heterocycles. The van der Waals surface area contributed by atoms with Crippen molar-refractivity contribution in [3.05, 3.63) is 22.0 Å². The van der Waals surface area contributed by atoms with Crippen LogP contribution in [0.4, 0.5) is 5.95 Å². The van der Waals surface area contributed by atoms with E-state index in [4.69, 9.17) is 0 Å². The van der Waals surface area contributed by atoms with E-state index < -0.39 is 4.92 Å². The van der Waals surface area contributed by atoms with Crippen molar-refractivity contribution in [1.29, 1.82) is 0 Å². The average Bonchev–Trinajstić information content (AvgIpc) is 2.52. The van der Waals surface area contributed by atoms with Crippen LogP contribution in [0.2, 0.25) is 0 Å². The van der Waals surface area contributed by atoms with Crippen LogP contribution in [0.3, 0.4) is 0 Å². The molecule has 0 fully saturated rings. The molecule has 0 amide bonds. The molecular weight excluding hydrogens is 182 g/mol. The molecule has 0 unspecified atom stereocenters. The highest BCUT2D eigenvalue weighted by Crippen LogP contribution is 2.12. The summed E-state index contributed by atoms with van der Waals surface area (Å²) >= 11 is 0. The minimum Gasteiger partial charge on any atom is -0.390 e.